The first-order chi connectivity index (χ1) is 10.3. The highest BCUT2D eigenvalue weighted by Crippen LogP contribution is 2.28. The van der Waals surface area contributed by atoms with Gasteiger partial charge in [-0.25, -0.2) is 4.98 Å². The number of ether oxygens (including phenoxy) is 1. The average molecular weight is 303 g/mol. The quantitative estimate of drug-likeness (QED) is 0.796. The van der Waals surface area contributed by atoms with E-state index in [1.54, 1.807) is 25.6 Å². The van der Waals surface area contributed by atoms with E-state index >= 15 is 0 Å². The highest BCUT2D eigenvalue weighted by molar-refractivity contribution is 7.22. The zero-order valence-electron chi connectivity index (χ0n) is 12.6. The Balaban J connectivity index is 0.000000497. The summed E-state index contributed by atoms with van der Waals surface area (Å²) in [6.45, 7) is 4.84. The zero-order chi connectivity index (χ0) is 15.1. The van der Waals surface area contributed by atoms with E-state index in [0.717, 1.165) is 43.4 Å². The molecular weight excluding hydrogens is 282 g/mol. The molecule has 1 aromatic heterocycles. The van der Waals surface area contributed by atoms with Crippen molar-refractivity contribution in [2.75, 3.05) is 51.8 Å². The molecule has 1 aliphatic rings. The number of rotatable bonds is 2. The van der Waals surface area contributed by atoms with Gasteiger partial charge in [0, 0.05) is 40.4 Å². The number of para-hydroxylation sites is 1. The summed E-state index contributed by atoms with van der Waals surface area (Å²) in [5.74, 6) is 2.71. The maximum Gasteiger partial charge on any atom is 0.186 e. The molecule has 0 N–H and O–H groups in total. The Kier molecular flexibility index (Phi) is 6.00. The third kappa shape index (κ3) is 4.18. The molecule has 0 radical (unpaired) electrons. The molecule has 0 aliphatic carbocycles. The van der Waals surface area contributed by atoms with E-state index in [-0.39, 0.29) is 0 Å². The summed E-state index contributed by atoms with van der Waals surface area (Å²) in [7, 11) is 3.25. The summed E-state index contributed by atoms with van der Waals surface area (Å²) in [6.07, 6.45) is 5.34. The number of hydrogen-bond acceptors (Lipinski definition) is 5. The average Bonchev–Trinajstić information content (AvgIpc) is 2.93. The second-order valence-corrected chi connectivity index (χ2v) is 5.85. The standard InChI is InChI=1S/C14H15N3S.C2H6O/c1-2-7-16-8-10-17(11-9-16)14-15-12-5-3-4-6-13(12)18-14;1-3-2/h1,3-6H,7-11H2;1-2H3. The number of hydrogen-bond donors (Lipinski definition) is 0. The number of thiazole rings is 1. The molecule has 0 unspecified atom stereocenters. The van der Waals surface area contributed by atoms with Crippen LogP contribution in [0.25, 0.3) is 10.2 Å². The molecule has 5 heteroatoms. The summed E-state index contributed by atoms with van der Waals surface area (Å²) in [5, 5.41) is 1.14. The lowest BCUT2D eigenvalue weighted by atomic mass is 10.3. The Hall–Kier alpha value is -1.61. The number of aromatic nitrogens is 1. The van der Waals surface area contributed by atoms with Crippen molar-refractivity contribution < 1.29 is 4.74 Å². The van der Waals surface area contributed by atoms with Crippen LogP contribution in [0, 0.1) is 12.3 Å². The number of piperazine rings is 1. The Morgan fingerprint density at radius 3 is 2.52 bits per heavy atom. The SMILES string of the molecule is C#CCN1CCN(c2nc3ccccc3s2)CC1.COC. The Morgan fingerprint density at radius 2 is 1.90 bits per heavy atom. The highest BCUT2D eigenvalue weighted by Gasteiger charge is 2.18. The van der Waals surface area contributed by atoms with Gasteiger partial charge in [0.2, 0.25) is 0 Å². The lowest BCUT2D eigenvalue weighted by molar-refractivity contribution is 0.277. The lowest BCUT2D eigenvalue weighted by Crippen LogP contribution is -2.46. The third-order valence-electron chi connectivity index (χ3n) is 3.24. The van der Waals surface area contributed by atoms with Crippen molar-refractivity contribution in [3.63, 3.8) is 0 Å². The van der Waals surface area contributed by atoms with Gasteiger partial charge in [0.1, 0.15) is 0 Å². The van der Waals surface area contributed by atoms with Crippen LogP contribution in [-0.2, 0) is 4.74 Å². The minimum Gasteiger partial charge on any atom is -0.388 e. The predicted molar refractivity (Wildman–Crippen MR) is 90.0 cm³/mol. The predicted octanol–water partition coefficient (Wildman–Crippen LogP) is 2.31. The molecule has 0 saturated carbocycles. The third-order valence-corrected chi connectivity index (χ3v) is 4.34. The fourth-order valence-corrected chi connectivity index (χ4v) is 3.24. The van der Waals surface area contributed by atoms with Gasteiger partial charge < -0.3 is 9.64 Å². The minimum atomic E-state index is 0.758. The van der Waals surface area contributed by atoms with Gasteiger partial charge in [0.05, 0.1) is 16.8 Å². The summed E-state index contributed by atoms with van der Waals surface area (Å²) in [5.41, 5.74) is 1.10. The fourth-order valence-electron chi connectivity index (χ4n) is 2.22. The van der Waals surface area contributed by atoms with Crippen molar-refractivity contribution in [3.05, 3.63) is 24.3 Å². The second kappa shape index (κ2) is 7.99. The van der Waals surface area contributed by atoms with Crippen molar-refractivity contribution in [3.8, 4) is 12.3 Å². The van der Waals surface area contributed by atoms with Crippen molar-refractivity contribution in [2.45, 2.75) is 0 Å². The van der Waals surface area contributed by atoms with Crippen LogP contribution in [0.2, 0.25) is 0 Å². The first-order valence-corrected chi connectivity index (χ1v) is 7.76. The maximum absolute atomic E-state index is 5.34. The number of nitrogens with zero attached hydrogens (tertiary/aromatic N) is 3. The molecular formula is C16H21N3OS. The van der Waals surface area contributed by atoms with Gasteiger partial charge in [0.25, 0.3) is 0 Å². The summed E-state index contributed by atoms with van der Waals surface area (Å²) in [6, 6.07) is 8.31. The number of methoxy groups -OCH3 is 1. The summed E-state index contributed by atoms with van der Waals surface area (Å²) in [4.78, 5) is 9.36. The van der Waals surface area contributed by atoms with Gasteiger partial charge in [-0.1, -0.05) is 29.4 Å². The van der Waals surface area contributed by atoms with Crippen LogP contribution in [0.4, 0.5) is 5.13 Å². The minimum absolute atomic E-state index is 0.758. The largest absolute Gasteiger partial charge is 0.388 e. The number of benzene rings is 1. The van der Waals surface area contributed by atoms with Gasteiger partial charge in [-0.05, 0) is 12.1 Å². The molecule has 112 valence electrons. The molecule has 2 heterocycles. The fraction of sp³-hybridized carbons (Fsp3) is 0.438. The molecule has 1 aromatic carbocycles. The molecule has 1 aliphatic heterocycles. The molecule has 1 fully saturated rings. The van der Waals surface area contributed by atoms with Crippen LogP contribution >= 0.6 is 11.3 Å². The second-order valence-electron chi connectivity index (χ2n) is 4.84. The molecule has 3 rings (SSSR count). The molecule has 0 atom stereocenters. The Labute approximate surface area is 130 Å². The van der Waals surface area contributed by atoms with Gasteiger partial charge in [0.15, 0.2) is 5.13 Å². The number of anilines is 1. The van der Waals surface area contributed by atoms with E-state index in [9.17, 15) is 0 Å². The summed E-state index contributed by atoms with van der Waals surface area (Å²) < 4.78 is 5.51. The van der Waals surface area contributed by atoms with Crippen molar-refractivity contribution in [1.29, 1.82) is 0 Å². The smallest absolute Gasteiger partial charge is 0.186 e. The first-order valence-electron chi connectivity index (χ1n) is 6.95. The molecule has 21 heavy (non-hydrogen) atoms. The van der Waals surface area contributed by atoms with Crippen LogP contribution in [0.1, 0.15) is 0 Å². The van der Waals surface area contributed by atoms with Crippen LogP contribution < -0.4 is 4.90 Å². The van der Waals surface area contributed by atoms with Crippen LogP contribution in [0.3, 0.4) is 0 Å². The molecule has 0 bridgehead atoms. The van der Waals surface area contributed by atoms with Crippen LogP contribution in [0.15, 0.2) is 24.3 Å². The van der Waals surface area contributed by atoms with E-state index in [0.29, 0.717) is 0 Å². The van der Waals surface area contributed by atoms with Gasteiger partial charge in [-0.15, -0.1) is 6.42 Å². The normalized spacial score (nSPS) is 15.4. The van der Waals surface area contributed by atoms with Crippen LogP contribution in [0.5, 0.6) is 0 Å². The molecule has 4 nitrogen and oxygen atoms in total. The highest BCUT2D eigenvalue weighted by atomic mass is 32.1. The number of terminal acetylenes is 1. The molecule has 0 spiro atoms. The molecule has 1 saturated heterocycles. The molecule has 0 amide bonds. The zero-order valence-corrected chi connectivity index (χ0v) is 13.4. The van der Waals surface area contributed by atoms with Gasteiger partial charge in [-0.3, -0.25) is 4.90 Å². The molecule has 2 aromatic rings. The van der Waals surface area contributed by atoms with Crippen molar-refractivity contribution in [1.82, 2.24) is 9.88 Å². The summed E-state index contributed by atoms with van der Waals surface area (Å²) >= 11 is 1.77. The van der Waals surface area contributed by atoms with E-state index in [1.165, 1.54) is 4.70 Å². The van der Waals surface area contributed by atoms with E-state index in [1.807, 2.05) is 6.07 Å². The maximum atomic E-state index is 5.34. The van der Waals surface area contributed by atoms with Gasteiger partial charge in [-0.2, -0.15) is 0 Å². The van der Waals surface area contributed by atoms with Gasteiger partial charge >= 0.3 is 0 Å². The lowest BCUT2D eigenvalue weighted by Gasteiger charge is -2.33. The van der Waals surface area contributed by atoms with E-state index in [4.69, 9.17) is 11.4 Å². The topological polar surface area (TPSA) is 28.6 Å². The monoisotopic (exact) mass is 303 g/mol. The van der Waals surface area contributed by atoms with Crippen LogP contribution in [-0.4, -0.2) is 56.8 Å². The van der Waals surface area contributed by atoms with Crippen molar-refractivity contribution >= 4 is 26.7 Å². The Morgan fingerprint density at radius 1 is 1.24 bits per heavy atom. The first kappa shape index (κ1) is 15.8. The van der Waals surface area contributed by atoms with E-state index in [2.05, 4.69) is 38.7 Å². The van der Waals surface area contributed by atoms with E-state index < -0.39 is 0 Å². The number of fused-ring (bicyclic) bond motifs is 1. The van der Waals surface area contributed by atoms with Crippen molar-refractivity contribution in [2.24, 2.45) is 0 Å². The Bertz CT molecular complexity index is 564.